The molecule has 12 nitrogen and oxygen atoms in total. The Morgan fingerprint density at radius 1 is 0.857 bits per heavy atom. The highest BCUT2D eigenvalue weighted by Gasteiger charge is 2.33. The van der Waals surface area contributed by atoms with E-state index >= 15 is 0 Å². The molecule has 28 heavy (non-hydrogen) atoms. The van der Waals surface area contributed by atoms with Crippen molar-refractivity contribution in [1.29, 1.82) is 0 Å². The number of aliphatic hydroxyl groups excluding tert-OH is 1. The summed E-state index contributed by atoms with van der Waals surface area (Å²) in [6, 6.07) is -5.40. The van der Waals surface area contributed by atoms with Crippen molar-refractivity contribution in [2.24, 2.45) is 11.7 Å². The third-order valence-electron chi connectivity index (χ3n) is 3.82. The maximum absolute atomic E-state index is 12.4. The van der Waals surface area contributed by atoms with Crippen LogP contribution in [-0.4, -0.2) is 75.3 Å². The molecule has 12 heteroatoms. The minimum absolute atomic E-state index is 0.276. The Hall–Kier alpha value is -2.73. The van der Waals surface area contributed by atoms with Crippen molar-refractivity contribution in [3.63, 3.8) is 0 Å². The van der Waals surface area contributed by atoms with Gasteiger partial charge in [0.15, 0.2) is 0 Å². The van der Waals surface area contributed by atoms with Gasteiger partial charge in [-0.1, -0.05) is 13.8 Å². The molecule has 0 bridgehead atoms. The molecule has 5 atom stereocenters. The van der Waals surface area contributed by atoms with Gasteiger partial charge < -0.3 is 37.0 Å². The molecule has 0 aromatic rings. The first-order valence-electron chi connectivity index (χ1n) is 8.57. The summed E-state index contributed by atoms with van der Waals surface area (Å²) in [7, 11) is 0. The Labute approximate surface area is 161 Å². The number of aliphatic hydroxyl groups is 1. The van der Waals surface area contributed by atoms with E-state index in [1.54, 1.807) is 13.8 Å². The number of nitrogens with two attached hydrogens (primary N) is 1. The molecule has 0 aromatic carbocycles. The molecule has 0 aliphatic rings. The predicted molar refractivity (Wildman–Crippen MR) is 95.8 cm³/mol. The van der Waals surface area contributed by atoms with Crippen LogP contribution >= 0.6 is 0 Å². The van der Waals surface area contributed by atoms with Crippen LogP contribution in [0.3, 0.4) is 0 Å². The predicted octanol–water partition coefficient (Wildman–Crippen LogP) is -2.62. The van der Waals surface area contributed by atoms with Crippen LogP contribution in [0.25, 0.3) is 0 Å². The fraction of sp³-hybridized carbons (Fsp3) is 0.688. The van der Waals surface area contributed by atoms with Gasteiger partial charge in [-0.3, -0.25) is 24.0 Å². The molecule has 0 saturated carbocycles. The van der Waals surface area contributed by atoms with E-state index in [4.69, 9.17) is 15.9 Å². The zero-order valence-electron chi connectivity index (χ0n) is 16.1. The van der Waals surface area contributed by atoms with Crippen LogP contribution in [0, 0.1) is 5.92 Å². The van der Waals surface area contributed by atoms with Gasteiger partial charge in [0.2, 0.25) is 17.7 Å². The van der Waals surface area contributed by atoms with Crippen molar-refractivity contribution in [1.82, 2.24) is 16.0 Å². The number of hydrogen-bond donors (Lipinski definition) is 7. The molecule has 0 aliphatic heterocycles. The largest absolute Gasteiger partial charge is 0.481 e. The van der Waals surface area contributed by atoms with E-state index in [-0.39, 0.29) is 5.92 Å². The van der Waals surface area contributed by atoms with Crippen molar-refractivity contribution in [3.8, 4) is 0 Å². The molecule has 0 rings (SSSR count). The van der Waals surface area contributed by atoms with E-state index in [0.29, 0.717) is 0 Å². The monoisotopic (exact) mass is 404 g/mol. The lowest BCUT2D eigenvalue weighted by atomic mass is 10.0. The summed E-state index contributed by atoms with van der Waals surface area (Å²) in [6.07, 6.45) is -2.22. The highest BCUT2D eigenvalue weighted by Crippen LogP contribution is 2.03. The van der Waals surface area contributed by atoms with Crippen LogP contribution in [0.4, 0.5) is 0 Å². The third kappa shape index (κ3) is 8.31. The van der Waals surface area contributed by atoms with E-state index < -0.39 is 66.4 Å². The second-order valence-corrected chi connectivity index (χ2v) is 6.72. The fourth-order valence-corrected chi connectivity index (χ4v) is 1.98. The molecule has 0 aromatic heterocycles. The Bertz CT molecular complexity index is 607. The van der Waals surface area contributed by atoms with Gasteiger partial charge >= 0.3 is 11.9 Å². The molecule has 0 aliphatic carbocycles. The molecule has 160 valence electrons. The fourth-order valence-electron chi connectivity index (χ4n) is 1.98. The smallest absolute Gasteiger partial charge is 0.325 e. The first kappa shape index (κ1) is 25.3. The summed E-state index contributed by atoms with van der Waals surface area (Å²) in [6.45, 7) is 5.68. The van der Waals surface area contributed by atoms with Crippen LogP contribution in [0.1, 0.15) is 34.1 Å². The number of carboxylic acid groups (broad SMARTS) is 2. The zero-order valence-corrected chi connectivity index (χ0v) is 16.1. The summed E-state index contributed by atoms with van der Waals surface area (Å²) >= 11 is 0. The Morgan fingerprint density at radius 3 is 1.79 bits per heavy atom. The van der Waals surface area contributed by atoms with Gasteiger partial charge in [0, 0.05) is 0 Å². The topological polar surface area (TPSA) is 208 Å². The Balaban J connectivity index is 5.32. The molecular formula is C16H28N4O8. The maximum atomic E-state index is 12.4. The van der Waals surface area contributed by atoms with Crippen LogP contribution in [0.15, 0.2) is 0 Å². The van der Waals surface area contributed by atoms with Gasteiger partial charge in [-0.15, -0.1) is 0 Å². The number of hydrogen-bond acceptors (Lipinski definition) is 7. The zero-order chi connectivity index (χ0) is 22.2. The quantitative estimate of drug-likeness (QED) is 0.192. The summed E-state index contributed by atoms with van der Waals surface area (Å²) in [4.78, 5) is 58.4. The van der Waals surface area contributed by atoms with Gasteiger partial charge in [-0.05, 0) is 19.8 Å². The first-order chi connectivity index (χ1) is 12.8. The van der Waals surface area contributed by atoms with E-state index in [1.807, 2.05) is 0 Å². The molecule has 0 heterocycles. The number of carbonyl (C=O) groups excluding carboxylic acids is 3. The molecule has 8 N–H and O–H groups in total. The van der Waals surface area contributed by atoms with Crippen molar-refractivity contribution < 1.29 is 39.3 Å². The second kappa shape index (κ2) is 11.2. The first-order valence-corrected chi connectivity index (χ1v) is 8.57. The molecule has 0 spiro atoms. The summed E-state index contributed by atoms with van der Waals surface area (Å²) in [5, 5.41) is 34.0. The standard InChI is InChI=1S/C16H28N4O8/c1-6(2)11(17)14(25)19-9(5-10(22)23)13(24)20-12(8(4)21)15(26)18-7(3)16(27)28/h6-9,11-12,21H,5,17H2,1-4H3,(H,18,26)(H,19,25)(H,20,24)(H,22,23)(H,27,28). The minimum Gasteiger partial charge on any atom is -0.481 e. The van der Waals surface area contributed by atoms with Crippen molar-refractivity contribution in [3.05, 3.63) is 0 Å². The van der Waals surface area contributed by atoms with Crippen LogP contribution < -0.4 is 21.7 Å². The number of nitrogens with one attached hydrogen (secondary N) is 3. The molecule has 3 amide bonds. The number of carboxylic acids is 2. The number of rotatable bonds is 11. The van der Waals surface area contributed by atoms with Crippen molar-refractivity contribution in [2.45, 2.75) is 64.4 Å². The summed E-state index contributed by atoms with van der Waals surface area (Å²) in [5.41, 5.74) is 5.67. The van der Waals surface area contributed by atoms with Crippen molar-refractivity contribution in [2.75, 3.05) is 0 Å². The van der Waals surface area contributed by atoms with E-state index in [1.165, 1.54) is 13.8 Å². The van der Waals surface area contributed by atoms with Gasteiger partial charge in [-0.25, -0.2) is 0 Å². The SMILES string of the molecule is CC(NC(=O)C(NC(=O)C(CC(=O)O)NC(=O)C(N)C(C)C)C(C)O)C(=O)O. The Morgan fingerprint density at radius 2 is 1.39 bits per heavy atom. The number of aliphatic carboxylic acids is 2. The number of carbonyl (C=O) groups is 5. The molecule has 0 saturated heterocycles. The normalized spacial score (nSPS) is 16.2. The van der Waals surface area contributed by atoms with Gasteiger partial charge in [-0.2, -0.15) is 0 Å². The Kier molecular flexibility index (Phi) is 10.1. The molecule has 0 radical (unpaired) electrons. The highest BCUT2D eigenvalue weighted by molar-refractivity contribution is 5.95. The summed E-state index contributed by atoms with van der Waals surface area (Å²) in [5.74, 6) is -5.79. The number of amides is 3. The van der Waals surface area contributed by atoms with Gasteiger partial charge in [0.25, 0.3) is 0 Å². The highest BCUT2D eigenvalue weighted by atomic mass is 16.4. The van der Waals surface area contributed by atoms with Crippen molar-refractivity contribution >= 4 is 29.7 Å². The lowest BCUT2D eigenvalue weighted by Gasteiger charge is -2.25. The second-order valence-electron chi connectivity index (χ2n) is 6.72. The van der Waals surface area contributed by atoms with E-state index in [0.717, 1.165) is 0 Å². The van der Waals surface area contributed by atoms with E-state index in [9.17, 15) is 29.1 Å². The van der Waals surface area contributed by atoms with Gasteiger partial charge in [0.1, 0.15) is 18.1 Å². The van der Waals surface area contributed by atoms with Gasteiger partial charge in [0.05, 0.1) is 18.6 Å². The maximum Gasteiger partial charge on any atom is 0.325 e. The summed E-state index contributed by atoms with van der Waals surface area (Å²) < 4.78 is 0. The van der Waals surface area contributed by atoms with Crippen LogP contribution in [-0.2, 0) is 24.0 Å². The minimum atomic E-state index is -1.57. The molecule has 0 fully saturated rings. The van der Waals surface area contributed by atoms with Crippen LogP contribution in [0.5, 0.6) is 0 Å². The third-order valence-corrected chi connectivity index (χ3v) is 3.82. The molecule has 5 unspecified atom stereocenters. The average Bonchev–Trinajstić information content (AvgIpc) is 2.56. The lowest BCUT2D eigenvalue weighted by molar-refractivity contribution is -0.143. The molecular weight excluding hydrogens is 376 g/mol. The average molecular weight is 404 g/mol. The lowest BCUT2D eigenvalue weighted by Crippen LogP contribution is -2.60. The van der Waals surface area contributed by atoms with E-state index in [2.05, 4.69) is 16.0 Å². The van der Waals surface area contributed by atoms with Crippen LogP contribution in [0.2, 0.25) is 0 Å².